The normalized spacial score (nSPS) is 14.5. The van der Waals surface area contributed by atoms with Crippen molar-refractivity contribution in [3.63, 3.8) is 0 Å². The Morgan fingerprint density at radius 3 is 2.89 bits per heavy atom. The van der Waals surface area contributed by atoms with E-state index in [-0.39, 0.29) is 6.04 Å². The second-order valence-electron chi connectivity index (χ2n) is 4.60. The Labute approximate surface area is 120 Å². The molecule has 1 heterocycles. The fourth-order valence-corrected chi connectivity index (χ4v) is 3.20. The van der Waals surface area contributed by atoms with Crippen LogP contribution in [0.15, 0.2) is 18.2 Å². The molecule has 0 amide bonds. The molecule has 0 aliphatic heterocycles. The first kappa shape index (κ1) is 14.3. The van der Waals surface area contributed by atoms with E-state index < -0.39 is 10.8 Å². The third-order valence-electron chi connectivity index (χ3n) is 3.19. The third-order valence-corrected chi connectivity index (χ3v) is 4.30. The molecule has 0 radical (unpaired) electrons. The van der Waals surface area contributed by atoms with Crippen molar-refractivity contribution in [2.24, 2.45) is 0 Å². The van der Waals surface area contributed by atoms with Crippen LogP contribution in [0.3, 0.4) is 0 Å². The van der Waals surface area contributed by atoms with E-state index in [9.17, 15) is 4.21 Å². The zero-order valence-corrected chi connectivity index (χ0v) is 12.9. The number of hydrogen-bond donors (Lipinski definition) is 1. The Bertz CT molecular complexity index is 660. The minimum absolute atomic E-state index is 0.221. The van der Waals surface area contributed by atoms with E-state index in [0.29, 0.717) is 10.5 Å². The van der Waals surface area contributed by atoms with Crippen molar-refractivity contribution in [1.82, 2.24) is 9.55 Å². The van der Waals surface area contributed by atoms with Crippen molar-refractivity contribution >= 4 is 34.1 Å². The van der Waals surface area contributed by atoms with Gasteiger partial charge in [-0.15, -0.1) is 0 Å². The second kappa shape index (κ2) is 5.88. The van der Waals surface area contributed by atoms with Crippen molar-refractivity contribution in [3.8, 4) is 5.75 Å². The molecule has 0 saturated carbocycles. The Morgan fingerprint density at radius 1 is 1.53 bits per heavy atom. The van der Waals surface area contributed by atoms with Gasteiger partial charge in [0.05, 0.1) is 18.1 Å². The average Bonchev–Trinajstić information content (AvgIpc) is 2.70. The maximum Gasteiger partial charge on any atom is 0.178 e. The van der Waals surface area contributed by atoms with Crippen LogP contribution < -0.4 is 4.74 Å². The molecule has 0 fully saturated rings. The van der Waals surface area contributed by atoms with Crippen LogP contribution in [0.2, 0.25) is 0 Å². The summed E-state index contributed by atoms with van der Waals surface area (Å²) < 4.78 is 19.2. The number of aromatic amines is 1. The van der Waals surface area contributed by atoms with E-state index >= 15 is 0 Å². The van der Waals surface area contributed by atoms with E-state index in [0.717, 1.165) is 23.2 Å². The Hall–Kier alpha value is -1.14. The third kappa shape index (κ3) is 3.06. The van der Waals surface area contributed by atoms with Gasteiger partial charge in [-0.2, -0.15) is 0 Å². The summed E-state index contributed by atoms with van der Waals surface area (Å²) in [5, 5.41) is 0. The highest BCUT2D eigenvalue weighted by Gasteiger charge is 2.12. The van der Waals surface area contributed by atoms with Gasteiger partial charge in [0.15, 0.2) is 4.77 Å². The van der Waals surface area contributed by atoms with Crippen LogP contribution in [-0.4, -0.2) is 32.9 Å². The summed E-state index contributed by atoms with van der Waals surface area (Å²) in [6, 6.07) is 6.08. The molecule has 1 aromatic carbocycles. The molecule has 0 bridgehead atoms. The minimum atomic E-state index is -0.771. The van der Waals surface area contributed by atoms with Gasteiger partial charge in [-0.1, -0.05) is 0 Å². The average molecular weight is 298 g/mol. The monoisotopic (exact) mass is 298 g/mol. The first-order valence-electron chi connectivity index (χ1n) is 6.11. The van der Waals surface area contributed by atoms with Gasteiger partial charge in [0, 0.05) is 34.9 Å². The largest absolute Gasteiger partial charge is 0.497 e. The Kier molecular flexibility index (Phi) is 4.42. The van der Waals surface area contributed by atoms with Crippen LogP contribution in [0.5, 0.6) is 5.75 Å². The fraction of sp³-hybridized carbons (Fsp3) is 0.462. The van der Waals surface area contributed by atoms with E-state index in [1.165, 1.54) is 0 Å². The number of nitrogens with one attached hydrogen (secondary N) is 1. The van der Waals surface area contributed by atoms with E-state index in [1.807, 2.05) is 18.2 Å². The number of rotatable bonds is 5. The maximum absolute atomic E-state index is 11.2. The quantitative estimate of drug-likeness (QED) is 0.863. The molecule has 0 aliphatic rings. The summed E-state index contributed by atoms with van der Waals surface area (Å²) in [5.74, 6) is 1.49. The van der Waals surface area contributed by atoms with Crippen LogP contribution in [0.4, 0.5) is 0 Å². The van der Waals surface area contributed by atoms with Crippen LogP contribution >= 0.6 is 12.2 Å². The molecule has 19 heavy (non-hydrogen) atoms. The van der Waals surface area contributed by atoms with Crippen molar-refractivity contribution < 1.29 is 8.95 Å². The predicted molar refractivity (Wildman–Crippen MR) is 81.9 cm³/mol. The summed E-state index contributed by atoms with van der Waals surface area (Å²) in [7, 11) is 0.874. The first-order chi connectivity index (χ1) is 9.02. The van der Waals surface area contributed by atoms with Crippen molar-refractivity contribution in [3.05, 3.63) is 23.0 Å². The minimum Gasteiger partial charge on any atom is -0.497 e. The highest BCUT2D eigenvalue weighted by atomic mass is 32.2. The number of H-pyrrole nitrogens is 1. The van der Waals surface area contributed by atoms with Gasteiger partial charge < -0.3 is 14.3 Å². The number of nitrogens with zero attached hydrogens (tertiary/aromatic N) is 1. The lowest BCUT2D eigenvalue weighted by Gasteiger charge is -2.13. The summed E-state index contributed by atoms with van der Waals surface area (Å²) in [6.45, 7) is 2.10. The van der Waals surface area contributed by atoms with Crippen LogP contribution in [0.25, 0.3) is 11.0 Å². The lowest BCUT2D eigenvalue weighted by molar-refractivity contribution is 0.415. The summed E-state index contributed by atoms with van der Waals surface area (Å²) >= 11 is 5.38. The number of imidazole rings is 1. The molecule has 4 nitrogen and oxygen atoms in total. The summed E-state index contributed by atoms with van der Waals surface area (Å²) in [4.78, 5) is 3.19. The van der Waals surface area contributed by atoms with Crippen molar-refractivity contribution in [1.29, 1.82) is 0 Å². The maximum atomic E-state index is 11.2. The van der Waals surface area contributed by atoms with Crippen LogP contribution in [0, 0.1) is 4.77 Å². The molecule has 2 atom stereocenters. The number of ether oxygens (including phenoxy) is 1. The molecular weight excluding hydrogens is 280 g/mol. The molecule has 0 aliphatic carbocycles. The van der Waals surface area contributed by atoms with Gasteiger partial charge >= 0.3 is 0 Å². The second-order valence-corrected chi connectivity index (χ2v) is 6.54. The summed E-state index contributed by atoms with van der Waals surface area (Å²) in [6.07, 6.45) is 2.57. The fourth-order valence-electron chi connectivity index (χ4n) is 2.14. The molecule has 2 unspecified atom stereocenters. The first-order valence-corrected chi connectivity index (χ1v) is 8.24. The molecule has 2 aromatic rings. The number of methoxy groups -OCH3 is 1. The highest BCUT2D eigenvalue weighted by Crippen LogP contribution is 2.24. The smallest absolute Gasteiger partial charge is 0.178 e. The number of aromatic nitrogens is 2. The molecule has 6 heteroatoms. The molecule has 2 rings (SSSR count). The number of benzene rings is 1. The molecule has 104 valence electrons. The van der Waals surface area contributed by atoms with Crippen molar-refractivity contribution in [2.45, 2.75) is 19.4 Å². The van der Waals surface area contributed by atoms with Crippen molar-refractivity contribution in [2.75, 3.05) is 19.1 Å². The standard InChI is InChI=1S/C13H18N2O2S2/c1-9(6-7-19(3)16)15-12-5-4-10(17-2)8-11(12)14-13(15)18/h4-5,8-9H,6-7H2,1-3H3,(H,14,18). The lowest BCUT2D eigenvalue weighted by Crippen LogP contribution is -2.09. The number of fused-ring (bicyclic) bond motifs is 1. The molecule has 1 N–H and O–H groups in total. The van der Waals surface area contributed by atoms with E-state index in [4.69, 9.17) is 17.0 Å². The zero-order chi connectivity index (χ0) is 14.0. The highest BCUT2D eigenvalue weighted by molar-refractivity contribution is 7.84. The lowest BCUT2D eigenvalue weighted by atomic mass is 10.2. The molecular formula is C13H18N2O2S2. The molecule has 0 saturated heterocycles. The van der Waals surface area contributed by atoms with Crippen LogP contribution in [0.1, 0.15) is 19.4 Å². The van der Waals surface area contributed by atoms with Gasteiger partial charge in [0.1, 0.15) is 5.75 Å². The topological polar surface area (TPSA) is 47.0 Å². The van der Waals surface area contributed by atoms with Gasteiger partial charge in [-0.3, -0.25) is 4.21 Å². The zero-order valence-electron chi connectivity index (χ0n) is 11.3. The van der Waals surface area contributed by atoms with Gasteiger partial charge in [0.25, 0.3) is 0 Å². The Balaban J connectivity index is 2.40. The van der Waals surface area contributed by atoms with E-state index in [1.54, 1.807) is 13.4 Å². The van der Waals surface area contributed by atoms with Crippen LogP contribution in [-0.2, 0) is 10.8 Å². The van der Waals surface area contributed by atoms with Gasteiger partial charge in [0.2, 0.25) is 0 Å². The Morgan fingerprint density at radius 2 is 2.26 bits per heavy atom. The summed E-state index contributed by atoms with van der Waals surface area (Å²) in [5.41, 5.74) is 2.02. The number of hydrogen-bond acceptors (Lipinski definition) is 3. The SMILES string of the molecule is COc1ccc2c(c1)[nH]c(=S)n2C(C)CCS(C)=O. The van der Waals surface area contributed by atoms with Gasteiger partial charge in [-0.05, 0) is 37.7 Å². The van der Waals surface area contributed by atoms with Gasteiger partial charge in [-0.25, -0.2) is 0 Å². The predicted octanol–water partition coefficient (Wildman–Crippen LogP) is 3.04. The molecule has 0 spiro atoms. The van der Waals surface area contributed by atoms with E-state index in [2.05, 4.69) is 16.5 Å². The molecule has 1 aromatic heterocycles.